The van der Waals surface area contributed by atoms with Gasteiger partial charge in [-0.15, -0.1) is 0 Å². The average molecular weight is 691 g/mol. The zero-order chi connectivity index (χ0) is 35.3. The molecule has 0 spiro atoms. The molecule has 49 heavy (non-hydrogen) atoms. The monoisotopic (exact) mass is 690 g/mol. The number of halogens is 1. The minimum atomic E-state index is -1.09. The van der Waals surface area contributed by atoms with Crippen LogP contribution in [-0.4, -0.2) is 49.6 Å². The summed E-state index contributed by atoms with van der Waals surface area (Å²) < 4.78 is 38.1. The second kappa shape index (κ2) is 21.7. The number of esters is 2. The third-order valence-electron chi connectivity index (χ3n) is 6.69. The van der Waals surface area contributed by atoms with Gasteiger partial charge in [-0.2, -0.15) is 4.39 Å². The number of unbranched alkanes of at least 4 members (excludes halogenated alkanes) is 4. The van der Waals surface area contributed by atoms with E-state index in [-0.39, 0.29) is 24.9 Å². The van der Waals surface area contributed by atoms with Crippen LogP contribution in [0.3, 0.4) is 0 Å². The SMILES string of the molecule is C=CC(=O)OCCCCOC(=O)Oc1ccc(-c2ccc(/C=C/C(=O)Sc3ccc(OCCCCCCOC(=O)C(=C)F)cc3)cc2)cc1. The van der Waals surface area contributed by atoms with Crippen molar-refractivity contribution in [3.63, 3.8) is 0 Å². The number of carbonyl (C=O) groups excluding carboxylic acids is 4. The van der Waals surface area contributed by atoms with Crippen molar-refractivity contribution < 1.29 is 47.3 Å². The molecule has 0 N–H and O–H groups in total. The number of ether oxygens (including phenoxy) is 5. The molecule has 0 aromatic heterocycles. The molecule has 0 atom stereocenters. The van der Waals surface area contributed by atoms with E-state index in [1.807, 2.05) is 60.7 Å². The summed E-state index contributed by atoms with van der Waals surface area (Å²) in [7, 11) is 0. The largest absolute Gasteiger partial charge is 0.513 e. The smallest absolute Gasteiger partial charge is 0.494 e. The number of hydrogen-bond donors (Lipinski definition) is 0. The highest BCUT2D eigenvalue weighted by molar-refractivity contribution is 8.14. The van der Waals surface area contributed by atoms with E-state index in [0.717, 1.165) is 58.7 Å². The minimum Gasteiger partial charge on any atom is -0.494 e. The molecular weight excluding hydrogens is 651 g/mol. The first-order valence-corrected chi connectivity index (χ1v) is 16.5. The molecule has 0 saturated heterocycles. The Hall–Kier alpha value is -5.16. The third kappa shape index (κ3) is 15.5. The summed E-state index contributed by atoms with van der Waals surface area (Å²) in [6.07, 6.45) is 7.84. The molecule has 0 bridgehead atoms. The van der Waals surface area contributed by atoms with Gasteiger partial charge in [0, 0.05) is 11.0 Å². The molecule has 3 aromatic rings. The lowest BCUT2D eigenvalue weighted by Crippen LogP contribution is -2.12. The van der Waals surface area contributed by atoms with Gasteiger partial charge < -0.3 is 23.7 Å². The molecule has 0 aliphatic rings. The maximum absolute atomic E-state index is 12.5. The van der Waals surface area contributed by atoms with Crippen molar-refractivity contribution in [3.8, 4) is 22.6 Å². The molecule has 0 radical (unpaired) electrons. The standard InChI is InChI=1S/C38H39FO9S/c1-3-35(40)45-25-8-9-27-47-38(43)48-33-17-15-31(16-18-33)30-13-10-29(11-14-30)12-23-36(41)49-34-21-19-32(20-22-34)44-24-6-4-5-7-26-46-37(42)28(2)39/h3,10-23H,1-2,4-9,24-27H2/b23-12+. The lowest BCUT2D eigenvalue weighted by atomic mass is 10.0. The quantitative estimate of drug-likeness (QED) is 0.0285. The number of hydrogen-bond acceptors (Lipinski definition) is 10. The summed E-state index contributed by atoms with van der Waals surface area (Å²) in [6, 6.07) is 22.0. The summed E-state index contributed by atoms with van der Waals surface area (Å²) in [5.74, 6) is -1.53. The van der Waals surface area contributed by atoms with Gasteiger partial charge in [0.1, 0.15) is 11.5 Å². The van der Waals surface area contributed by atoms with Crippen molar-refractivity contribution in [2.75, 3.05) is 26.4 Å². The summed E-state index contributed by atoms with van der Waals surface area (Å²) >= 11 is 1.12. The fourth-order valence-corrected chi connectivity index (χ4v) is 4.77. The maximum atomic E-state index is 12.5. The van der Waals surface area contributed by atoms with Crippen LogP contribution in [-0.2, 0) is 28.6 Å². The highest BCUT2D eigenvalue weighted by atomic mass is 32.2. The number of benzene rings is 3. The Bertz CT molecular complexity index is 1570. The summed E-state index contributed by atoms with van der Waals surface area (Å²) in [5, 5.41) is -0.109. The van der Waals surface area contributed by atoms with Gasteiger partial charge in [0.15, 0.2) is 0 Å². The number of rotatable bonds is 20. The Kier molecular flexibility index (Phi) is 16.9. The van der Waals surface area contributed by atoms with Crippen LogP contribution in [0, 0.1) is 0 Å². The highest BCUT2D eigenvalue weighted by Gasteiger charge is 2.08. The van der Waals surface area contributed by atoms with Gasteiger partial charge in [-0.05, 0) is 109 Å². The van der Waals surface area contributed by atoms with Crippen LogP contribution in [0.4, 0.5) is 9.18 Å². The van der Waals surface area contributed by atoms with Crippen molar-refractivity contribution in [1.29, 1.82) is 0 Å². The van der Waals surface area contributed by atoms with Crippen molar-refractivity contribution >= 4 is 41.0 Å². The van der Waals surface area contributed by atoms with Crippen LogP contribution in [0.25, 0.3) is 17.2 Å². The molecule has 0 aliphatic heterocycles. The van der Waals surface area contributed by atoms with Crippen LogP contribution in [0.5, 0.6) is 11.5 Å². The van der Waals surface area contributed by atoms with E-state index in [1.54, 1.807) is 18.2 Å². The fraction of sp³-hybridized carbons (Fsp3) is 0.263. The molecule has 0 heterocycles. The van der Waals surface area contributed by atoms with Gasteiger partial charge in [0.2, 0.25) is 10.9 Å². The highest BCUT2D eigenvalue weighted by Crippen LogP contribution is 2.25. The topological polar surface area (TPSA) is 114 Å². The molecule has 9 nitrogen and oxygen atoms in total. The van der Waals surface area contributed by atoms with Crippen LogP contribution >= 0.6 is 11.8 Å². The second-order valence-electron chi connectivity index (χ2n) is 10.5. The Labute approximate surface area is 289 Å². The van der Waals surface area contributed by atoms with Crippen LogP contribution < -0.4 is 9.47 Å². The molecule has 0 aliphatic carbocycles. The Morgan fingerprint density at radius 2 is 1.22 bits per heavy atom. The minimum absolute atomic E-state index is 0.109. The summed E-state index contributed by atoms with van der Waals surface area (Å²) in [6.45, 7) is 7.28. The third-order valence-corrected chi connectivity index (χ3v) is 7.53. The normalized spacial score (nSPS) is 10.6. The van der Waals surface area contributed by atoms with Gasteiger partial charge in [0.05, 0.1) is 26.4 Å². The lowest BCUT2D eigenvalue weighted by Gasteiger charge is -2.07. The maximum Gasteiger partial charge on any atom is 0.513 e. The Morgan fingerprint density at radius 3 is 1.86 bits per heavy atom. The molecule has 0 amide bonds. The van der Waals surface area contributed by atoms with Crippen LogP contribution in [0.15, 0.2) is 109 Å². The molecule has 3 aromatic carbocycles. The summed E-state index contributed by atoms with van der Waals surface area (Å²) in [4.78, 5) is 47.2. The van der Waals surface area contributed by atoms with Gasteiger partial charge >= 0.3 is 18.1 Å². The van der Waals surface area contributed by atoms with Gasteiger partial charge in [-0.3, -0.25) is 4.79 Å². The first-order valence-electron chi connectivity index (χ1n) is 15.7. The predicted octanol–water partition coefficient (Wildman–Crippen LogP) is 8.68. The Morgan fingerprint density at radius 1 is 0.673 bits per heavy atom. The first kappa shape index (κ1) is 38.3. The van der Waals surface area contributed by atoms with Gasteiger partial charge in [-0.1, -0.05) is 55.6 Å². The van der Waals surface area contributed by atoms with E-state index in [2.05, 4.69) is 13.2 Å². The molecule has 0 unspecified atom stereocenters. The zero-order valence-electron chi connectivity index (χ0n) is 27.1. The fourth-order valence-electron chi connectivity index (χ4n) is 4.13. The predicted molar refractivity (Wildman–Crippen MR) is 186 cm³/mol. The number of thioether (sulfide) groups is 1. The molecule has 258 valence electrons. The Balaban J connectivity index is 1.33. The zero-order valence-corrected chi connectivity index (χ0v) is 27.9. The summed E-state index contributed by atoms with van der Waals surface area (Å²) in [5.41, 5.74) is 2.75. The first-order chi connectivity index (χ1) is 23.7. The van der Waals surface area contributed by atoms with E-state index in [4.69, 9.17) is 23.7 Å². The van der Waals surface area contributed by atoms with Crippen molar-refractivity contribution in [1.82, 2.24) is 0 Å². The van der Waals surface area contributed by atoms with Crippen molar-refractivity contribution in [2.45, 2.75) is 43.4 Å². The molecule has 0 saturated carbocycles. The van der Waals surface area contributed by atoms with Gasteiger partial charge in [-0.25, -0.2) is 14.4 Å². The van der Waals surface area contributed by atoms with Crippen LogP contribution in [0.1, 0.15) is 44.1 Å². The molecule has 0 fully saturated rings. The molecule has 11 heteroatoms. The van der Waals surface area contributed by atoms with Crippen LogP contribution in [0.2, 0.25) is 0 Å². The van der Waals surface area contributed by atoms with E-state index in [0.29, 0.717) is 37.4 Å². The van der Waals surface area contributed by atoms with Gasteiger partial charge in [0.25, 0.3) is 0 Å². The van der Waals surface area contributed by atoms with E-state index in [1.165, 1.54) is 6.08 Å². The molecular formula is C38H39FO9S. The lowest BCUT2D eigenvalue weighted by molar-refractivity contribution is -0.141. The van der Waals surface area contributed by atoms with E-state index in [9.17, 15) is 23.6 Å². The van der Waals surface area contributed by atoms with Crippen molar-refractivity contribution in [2.24, 2.45) is 0 Å². The van der Waals surface area contributed by atoms with E-state index >= 15 is 0 Å². The number of carbonyl (C=O) groups is 4. The van der Waals surface area contributed by atoms with Crippen molar-refractivity contribution in [3.05, 3.63) is 109 Å². The second-order valence-corrected chi connectivity index (χ2v) is 11.5. The average Bonchev–Trinajstić information content (AvgIpc) is 3.11. The van der Waals surface area contributed by atoms with E-state index < -0.39 is 23.9 Å². The molecule has 3 rings (SSSR count).